The number of anilines is 2. The maximum atomic E-state index is 10.9. The summed E-state index contributed by atoms with van der Waals surface area (Å²) in [6.07, 6.45) is 12.9. The molecule has 0 bridgehead atoms. The second kappa shape index (κ2) is 17.1. The number of nitrogens with one attached hydrogen (secondary N) is 1. The number of amides is 1. The summed E-state index contributed by atoms with van der Waals surface area (Å²) in [5.74, 6) is 2.77. The van der Waals surface area contributed by atoms with Crippen molar-refractivity contribution in [3.05, 3.63) is 47.9 Å². The second-order valence-electron chi connectivity index (χ2n) is 9.98. The number of Topliss-reactive ketones (excluding diaryl/α,β-unsaturated/α-hetero) is 1. The highest BCUT2D eigenvalue weighted by Gasteiger charge is 2.17. The van der Waals surface area contributed by atoms with Crippen LogP contribution in [-0.4, -0.2) is 54.4 Å². The number of carbonyl (C=O) groups is 2. The highest BCUT2D eigenvalue weighted by Crippen LogP contribution is 2.21. The molecule has 1 amide bonds. The van der Waals surface area contributed by atoms with Gasteiger partial charge in [-0.1, -0.05) is 30.8 Å². The van der Waals surface area contributed by atoms with E-state index in [-0.39, 0.29) is 18.2 Å². The fourth-order valence-corrected chi connectivity index (χ4v) is 4.75. The molecule has 1 aliphatic carbocycles. The fraction of sp³-hybridized carbons (Fsp3) is 0.483. The van der Waals surface area contributed by atoms with Crippen molar-refractivity contribution in [1.82, 2.24) is 30.0 Å². The predicted octanol–water partition coefficient (Wildman–Crippen LogP) is 3.67. The molecule has 3 aliphatic rings. The number of ketones is 1. The number of rotatable bonds is 3. The number of nitrogens with two attached hydrogens (primary N) is 3. The number of hydrogen-bond acceptors (Lipinski definition) is 10. The summed E-state index contributed by atoms with van der Waals surface area (Å²) < 4.78 is 2.14. The molecule has 2 fully saturated rings. The molecule has 1 saturated heterocycles. The van der Waals surface area contributed by atoms with Crippen LogP contribution in [0.2, 0.25) is 0 Å². The molecule has 41 heavy (non-hydrogen) atoms. The molecule has 0 radical (unpaired) electrons. The highest BCUT2D eigenvalue weighted by molar-refractivity contribution is 7.80. The molecule has 7 N–H and O–H groups in total. The summed E-state index contributed by atoms with van der Waals surface area (Å²) in [5.41, 5.74) is 17.3. The molecule has 6 rings (SSSR count). The Morgan fingerprint density at radius 3 is 2.10 bits per heavy atom. The lowest BCUT2D eigenvalue weighted by Gasteiger charge is -2.14. The van der Waals surface area contributed by atoms with E-state index in [1.54, 1.807) is 24.3 Å². The number of nitrogens with zero attached hydrogens (tertiary/aromatic N) is 5. The van der Waals surface area contributed by atoms with Gasteiger partial charge in [-0.15, -0.1) is 10.2 Å². The third-order valence-corrected chi connectivity index (χ3v) is 7.07. The van der Waals surface area contributed by atoms with Gasteiger partial charge in [0, 0.05) is 25.9 Å². The average Bonchev–Trinajstić information content (AvgIpc) is 3.43. The zero-order chi connectivity index (χ0) is 29.5. The quantitative estimate of drug-likeness (QED) is 0.264. The van der Waals surface area contributed by atoms with Crippen LogP contribution in [-0.2, 0) is 17.8 Å². The van der Waals surface area contributed by atoms with Crippen LogP contribution < -0.4 is 22.5 Å². The van der Waals surface area contributed by atoms with Gasteiger partial charge < -0.3 is 27.1 Å². The summed E-state index contributed by atoms with van der Waals surface area (Å²) >= 11 is 5.01. The number of hydrogen-bond donors (Lipinski definition) is 4. The number of aryl methyl sites for hydroxylation is 1. The average molecular weight is 580 g/mol. The Hall–Kier alpha value is -3.77. The molecular weight excluding hydrogens is 538 g/mol. The minimum absolute atomic E-state index is 0.0313. The van der Waals surface area contributed by atoms with Crippen molar-refractivity contribution in [2.45, 2.75) is 77.2 Å². The Morgan fingerprint density at radius 1 is 0.854 bits per heavy atom. The SMILES string of the molecule is NCC(=O)c1cccc(N)n1.Nc1cccc(-c2nnc3n2CCCC3)n1.O=C1CCCCN1.S=C1CCCCC1. The van der Waals surface area contributed by atoms with Crippen LogP contribution in [0.4, 0.5) is 11.6 Å². The van der Waals surface area contributed by atoms with Crippen LogP contribution in [0.1, 0.15) is 80.5 Å². The summed E-state index contributed by atoms with van der Waals surface area (Å²) in [7, 11) is 0. The number of piperidine rings is 1. The first-order chi connectivity index (χ1) is 19.9. The molecule has 0 atom stereocenters. The molecule has 0 aromatic carbocycles. The number of nitrogen functional groups attached to an aromatic ring is 2. The number of pyridine rings is 2. The fourth-order valence-electron chi connectivity index (χ4n) is 4.46. The zero-order valence-electron chi connectivity index (χ0n) is 23.6. The monoisotopic (exact) mass is 579 g/mol. The van der Waals surface area contributed by atoms with Gasteiger partial charge in [-0.25, -0.2) is 9.97 Å². The van der Waals surface area contributed by atoms with E-state index >= 15 is 0 Å². The van der Waals surface area contributed by atoms with Crippen LogP contribution in [0, 0.1) is 0 Å². The molecule has 11 nitrogen and oxygen atoms in total. The summed E-state index contributed by atoms with van der Waals surface area (Å²) in [4.78, 5) is 30.6. The standard InChI is InChI=1S/C11H13N5.C7H9N3O.C6H10S.C5H9NO/c12-9-5-3-4-8(13-9)11-15-14-10-6-1-2-7-16(10)11;8-4-6(11)5-2-1-3-7(9)10-5;7-6-4-2-1-3-5-6;7-5-3-1-2-4-6-5/h3-5H,1-2,6-7H2,(H2,12,13);1-3H,4,8H2,(H2,9,10);1-5H2;1-4H2,(H,6,7). The molecule has 220 valence electrons. The van der Waals surface area contributed by atoms with E-state index in [4.69, 9.17) is 29.4 Å². The molecular formula is C29H41N9O2S. The highest BCUT2D eigenvalue weighted by atomic mass is 32.1. The Labute approximate surface area is 246 Å². The Bertz CT molecular complexity index is 1260. The van der Waals surface area contributed by atoms with Crippen LogP contribution in [0.25, 0.3) is 11.5 Å². The Balaban J connectivity index is 0.000000161. The first-order valence-corrected chi connectivity index (χ1v) is 14.7. The van der Waals surface area contributed by atoms with Gasteiger partial charge in [0.2, 0.25) is 5.91 Å². The van der Waals surface area contributed by atoms with Gasteiger partial charge in [-0.3, -0.25) is 9.59 Å². The van der Waals surface area contributed by atoms with Gasteiger partial charge in [-0.2, -0.15) is 0 Å². The molecule has 0 spiro atoms. The number of thiocarbonyl (C=S) groups is 1. The van der Waals surface area contributed by atoms with Crippen molar-refractivity contribution in [3.8, 4) is 11.5 Å². The van der Waals surface area contributed by atoms with Gasteiger partial charge in [0.15, 0.2) is 11.6 Å². The van der Waals surface area contributed by atoms with E-state index < -0.39 is 0 Å². The maximum Gasteiger partial charge on any atom is 0.219 e. The lowest BCUT2D eigenvalue weighted by Crippen LogP contribution is -2.28. The minimum Gasteiger partial charge on any atom is -0.384 e. The van der Waals surface area contributed by atoms with Gasteiger partial charge in [0.1, 0.15) is 28.8 Å². The van der Waals surface area contributed by atoms with E-state index in [1.165, 1.54) is 49.8 Å². The van der Waals surface area contributed by atoms with Crippen molar-refractivity contribution < 1.29 is 9.59 Å². The van der Waals surface area contributed by atoms with Gasteiger partial charge in [-0.05, 0) is 80.5 Å². The number of carbonyl (C=O) groups excluding carboxylic acids is 2. The maximum absolute atomic E-state index is 10.9. The van der Waals surface area contributed by atoms with Crippen molar-refractivity contribution in [3.63, 3.8) is 0 Å². The van der Waals surface area contributed by atoms with Crippen molar-refractivity contribution >= 4 is 40.4 Å². The minimum atomic E-state index is -0.197. The van der Waals surface area contributed by atoms with Crippen LogP contribution in [0.3, 0.4) is 0 Å². The lowest BCUT2D eigenvalue weighted by atomic mass is 10.0. The predicted molar refractivity (Wildman–Crippen MR) is 165 cm³/mol. The Kier molecular flexibility index (Phi) is 13.3. The summed E-state index contributed by atoms with van der Waals surface area (Å²) in [6.45, 7) is 1.84. The lowest BCUT2D eigenvalue weighted by molar-refractivity contribution is -0.122. The van der Waals surface area contributed by atoms with Crippen LogP contribution in [0.5, 0.6) is 0 Å². The smallest absolute Gasteiger partial charge is 0.219 e. The first kappa shape index (κ1) is 31.8. The van der Waals surface area contributed by atoms with E-state index in [0.29, 0.717) is 17.3 Å². The number of aromatic nitrogens is 5. The van der Waals surface area contributed by atoms with Gasteiger partial charge >= 0.3 is 0 Å². The van der Waals surface area contributed by atoms with Crippen LogP contribution in [0.15, 0.2) is 36.4 Å². The normalized spacial score (nSPS) is 15.8. The molecule has 5 heterocycles. The molecule has 0 unspecified atom stereocenters. The molecule has 1 saturated carbocycles. The molecule has 2 aliphatic heterocycles. The van der Waals surface area contributed by atoms with E-state index in [2.05, 4.69) is 30.0 Å². The molecule has 3 aromatic heterocycles. The van der Waals surface area contributed by atoms with Crippen molar-refractivity contribution in [2.24, 2.45) is 5.73 Å². The third-order valence-electron chi connectivity index (χ3n) is 6.66. The van der Waals surface area contributed by atoms with E-state index in [1.807, 2.05) is 12.1 Å². The zero-order valence-corrected chi connectivity index (χ0v) is 24.4. The van der Waals surface area contributed by atoms with E-state index in [0.717, 1.165) is 56.1 Å². The Morgan fingerprint density at radius 2 is 1.54 bits per heavy atom. The van der Waals surface area contributed by atoms with E-state index in [9.17, 15) is 9.59 Å². The van der Waals surface area contributed by atoms with Crippen molar-refractivity contribution in [1.29, 1.82) is 0 Å². The second-order valence-corrected chi connectivity index (χ2v) is 10.6. The van der Waals surface area contributed by atoms with Gasteiger partial charge in [0.25, 0.3) is 0 Å². The van der Waals surface area contributed by atoms with Crippen LogP contribution >= 0.6 is 12.2 Å². The third kappa shape index (κ3) is 11.0. The summed E-state index contributed by atoms with van der Waals surface area (Å²) in [5, 5.41) is 11.1. The summed E-state index contributed by atoms with van der Waals surface area (Å²) in [6, 6.07) is 10.5. The largest absolute Gasteiger partial charge is 0.384 e. The topological polar surface area (TPSA) is 181 Å². The molecule has 3 aromatic rings. The number of fused-ring (bicyclic) bond motifs is 1. The van der Waals surface area contributed by atoms with Gasteiger partial charge in [0.05, 0.1) is 6.54 Å². The first-order valence-electron chi connectivity index (χ1n) is 14.3. The molecule has 12 heteroatoms. The van der Waals surface area contributed by atoms with Crippen molar-refractivity contribution in [2.75, 3.05) is 24.6 Å².